The Kier molecular flexibility index (Phi) is 6.09. The van der Waals surface area contributed by atoms with Crippen molar-refractivity contribution in [3.8, 4) is 6.07 Å². The monoisotopic (exact) mass is 386 g/mol. The minimum atomic E-state index is -1.11. The Bertz CT molecular complexity index is 980. The number of aromatic carboxylic acids is 1. The van der Waals surface area contributed by atoms with Crippen molar-refractivity contribution in [2.24, 2.45) is 0 Å². The molecule has 136 valence electrons. The number of rotatable bonds is 6. The summed E-state index contributed by atoms with van der Waals surface area (Å²) < 4.78 is 0. The molecule has 9 nitrogen and oxygen atoms in total. The Morgan fingerprint density at radius 3 is 2.44 bits per heavy atom. The number of carboxylic acids is 1. The molecule has 3 N–H and O–H groups in total. The third-order valence-corrected chi connectivity index (χ3v) is 3.62. The Labute approximate surface area is 157 Å². The summed E-state index contributed by atoms with van der Waals surface area (Å²) in [5.41, 5.74) is -0.0422. The van der Waals surface area contributed by atoms with Crippen molar-refractivity contribution in [3.63, 3.8) is 0 Å². The van der Waals surface area contributed by atoms with Crippen LogP contribution >= 0.6 is 11.6 Å². The lowest BCUT2D eigenvalue weighted by molar-refractivity contribution is -0.384. The molecule has 0 saturated heterocycles. The molecule has 0 saturated carbocycles. The normalized spacial score (nSPS) is 10.6. The molecule has 2 aromatic carbocycles. The molecule has 0 aliphatic heterocycles. The van der Waals surface area contributed by atoms with Crippen LogP contribution in [0.25, 0.3) is 0 Å². The molecule has 0 aliphatic rings. The van der Waals surface area contributed by atoms with Crippen LogP contribution in [0.15, 0.2) is 54.2 Å². The fourth-order valence-corrected chi connectivity index (χ4v) is 2.10. The number of hydrogen-bond acceptors (Lipinski definition) is 6. The van der Waals surface area contributed by atoms with Crippen LogP contribution in [0.5, 0.6) is 0 Å². The van der Waals surface area contributed by atoms with Gasteiger partial charge in [0.05, 0.1) is 21.2 Å². The molecule has 0 radical (unpaired) electrons. The summed E-state index contributed by atoms with van der Waals surface area (Å²) in [7, 11) is 0. The first kappa shape index (κ1) is 19.4. The van der Waals surface area contributed by atoms with E-state index in [4.69, 9.17) is 22.0 Å². The smallest absolute Gasteiger partial charge is 0.335 e. The van der Waals surface area contributed by atoms with Crippen molar-refractivity contribution in [2.75, 3.05) is 10.6 Å². The first-order valence-electron chi connectivity index (χ1n) is 7.27. The Morgan fingerprint density at radius 1 is 1.22 bits per heavy atom. The molecule has 0 unspecified atom stereocenters. The van der Waals surface area contributed by atoms with Gasteiger partial charge in [-0.2, -0.15) is 5.26 Å². The minimum Gasteiger partial charge on any atom is -0.478 e. The van der Waals surface area contributed by atoms with Crippen molar-refractivity contribution < 1.29 is 19.6 Å². The number of anilines is 2. The van der Waals surface area contributed by atoms with Crippen LogP contribution in [0.4, 0.5) is 17.1 Å². The van der Waals surface area contributed by atoms with E-state index in [1.807, 2.05) is 0 Å². The Balaban J connectivity index is 2.15. The van der Waals surface area contributed by atoms with E-state index < -0.39 is 16.8 Å². The fourth-order valence-electron chi connectivity index (χ4n) is 1.93. The van der Waals surface area contributed by atoms with Crippen LogP contribution in [-0.4, -0.2) is 21.9 Å². The Morgan fingerprint density at radius 2 is 1.89 bits per heavy atom. The van der Waals surface area contributed by atoms with Crippen LogP contribution in [0.3, 0.4) is 0 Å². The number of nitro groups is 1. The van der Waals surface area contributed by atoms with Gasteiger partial charge in [-0.25, -0.2) is 4.79 Å². The van der Waals surface area contributed by atoms with Gasteiger partial charge in [-0.3, -0.25) is 14.9 Å². The predicted molar refractivity (Wildman–Crippen MR) is 97.5 cm³/mol. The van der Waals surface area contributed by atoms with E-state index in [0.29, 0.717) is 5.69 Å². The van der Waals surface area contributed by atoms with Crippen molar-refractivity contribution in [2.45, 2.75) is 0 Å². The fraction of sp³-hybridized carbons (Fsp3) is 0. The molecule has 0 fully saturated rings. The molecule has 27 heavy (non-hydrogen) atoms. The number of nitriles is 1. The molecule has 0 atom stereocenters. The molecule has 2 rings (SSSR count). The van der Waals surface area contributed by atoms with Crippen LogP contribution < -0.4 is 10.6 Å². The van der Waals surface area contributed by atoms with E-state index in [9.17, 15) is 19.7 Å². The highest BCUT2D eigenvalue weighted by molar-refractivity contribution is 6.33. The van der Waals surface area contributed by atoms with Crippen molar-refractivity contribution in [1.82, 2.24) is 0 Å². The number of carboxylic acid groups (broad SMARTS) is 1. The molecule has 0 aliphatic carbocycles. The second kappa shape index (κ2) is 8.46. The average molecular weight is 387 g/mol. The molecule has 2 aromatic rings. The van der Waals surface area contributed by atoms with Crippen molar-refractivity contribution in [1.29, 1.82) is 5.26 Å². The van der Waals surface area contributed by atoms with E-state index in [2.05, 4.69) is 10.6 Å². The van der Waals surface area contributed by atoms with Gasteiger partial charge < -0.3 is 15.7 Å². The summed E-state index contributed by atoms with van der Waals surface area (Å²) in [5.74, 6) is -1.86. The number of carbonyl (C=O) groups is 2. The Hall–Kier alpha value is -3.90. The number of hydrogen-bond donors (Lipinski definition) is 3. The average Bonchev–Trinajstić information content (AvgIpc) is 2.63. The largest absolute Gasteiger partial charge is 0.478 e. The summed E-state index contributed by atoms with van der Waals surface area (Å²) in [4.78, 5) is 33.1. The van der Waals surface area contributed by atoms with Gasteiger partial charge in [-0.1, -0.05) is 11.6 Å². The van der Waals surface area contributed by atoms with Crippen molar-refractivity contribution >= 4 is 40.5 Å². The highest BCUT2D eigenvalue weighted by Gasteiger charge is 2.12. The van der Waals surface area contributed by atoms with E-state index in [1.54, 1.807) is 6.07 Å². The summed E-state index contributed by atoms with van der Waals surface area (Å²) in [5, 5.41) is 34.0. The molecular weight excluding hydrogens is 376 g/mol. The van der Waals surface area contributed by atoms with E-state index in [1.165, 1.54) is 36.4 Å². The second-order valence-electron chi connectivity index (χ2n) is 5.07. The molecule has 10 heteroatoms. The zero-order valence-corrected chi connectivity index (χ0v) is 14.2. The summed E-state index contributed by atoms with van der Waals surface area (Å²) in [6.07, 6.45) is 1.06. The van der Waals surface area contributed by atoms with E-state index >= 15 is 0 Å². The van der Waals surface area contributed by atoms with Gasteiger partial charge in [-0.05, 0) is 30.3 Å². The SMILES string of the molecule is N#C/C(=C/Nc1cc([N+](=O)[O-])ccc1Cl)C(=O)Nc1ccc(C(=O)O)cc1. The van der Waals surface area contributed by atoms with Gasteiger partial charge in [0.2, 0.25) is 0 Å². The number of benzene rings is 2. The van der Waals surface area contributed by atoms with Gasteiger partial charge in [-0.15, -0.1) is 0 Å². The summed E-state index contributed by atoms with van der Waals surface area (Å²) in [6.45, 7) is 0. The number of halogens is 1. The lowest BCUT2D eigenvalue weighted by Crippen LogP contribution is -2.14. The van der Waals surface area contributed by atoms with Crippen LogP contribution in [0.2, 0.25) is 5.02 Å². The minimum absolute atomic E-state index is 0.0472. The van der Waals surface area contributed by atoms with Gasteiger partial charge in [0.1, 0.15) is 11.6 Å². The molecule has 0 spiro atoms. The predicted octanol–water partition coefficient (Wildman–Crippen LogP) is 3.40. The summed E-state index contributed by atoms with van der Waals surface area (Å²) in [6, 6.07) is 10.7. The van der Waals surface area contributed by atoms with Gasteiger partial charge in [0, 0.05) is 24.0 Å². The summed E-state index contributed by atoms with van der Waals surface area (Å²) >= 11 is 5.93. The maximum absolute atomic E-state index is 12.1. The highest BCUT2D eigenvalue weighted by atomic mass is 35.5. The first-order chi connectivity index (χ1) is 12.8. The quantitative estimate of drug-likeness (QED) is 0.298. The molecule has 0 aromatic heterocycles. The second-order valence-corrected chi connectivity index (χ2v) is 5.48. The van der Waals surface area contributed by atoms with Crippen molar-refractivity contribution in [3.05, 3.63) is 74.9 Å². The number of amides is 1. The third-order valence-electron chi connectivity index (χ3n) is 3.29. The number of carbonyl (C=O) groups excluding carboxylic acids is 1. The standard InChI is InChI=1S/C17H11ClN4O5/c18-14-6-5-13(22(26)27)7-15(14)20-9-11(8-19)16(23)21-12-3-1-10(2-4-12)17(24)25/h1-7,9,20H,(H,21,23)(H,24,25)/b11-9-. The lowest BCUT2D eigenvalue weighted by Gasteiger charge is -2.06. The number of non-ortho nitro benzene ring substituents is 1. The third kappa shape index (κ3) is 5.04. The number of nitrogens with one attached hydrogen (secondary N) is 2. The van der Waals surface area contributed by atoms with Crippen LogP contribution in [0, 0.1) is 21.4 Å². The topological polar surface area (TPSA) is 145 Å². The molecule has 0 heterocycles. The molecule has 1 amide bonds. The highest BCUT2D eigenvalue weighted by Crippen LogP contribution is 2.26. The van der Waals surface area contributed by atoms with Crippen LogP contribution in [-0.2, 0) is 4.79 Å². The van der Waals surface area contributed by atoms with Crippen LogP contribution in [0.1, 0.15) is 10.4 Å². The molecular formula is C17H11ClN4O5. The van der Waals surface area contributed by atoms with E-state index in [-0.39, 0.29) is 27.5 Å². The zero-order valence-electron chi connectivity index (χ0n) is 13.5. The molecule has 0 bridgehead atoms. The zero-order chi connectivity index (χ0) is 20.0. The maximum Gasteiger partial charge on any atom is 0.335 e. The van der Waals surface area contributed by atoms with Gasteiger partial charge in [0.15, 0.2) is 0 Å². The van der Waals surface area contributed by atoms with Gasteiger partial charge in [0.25, 0.3) is 11.6 Å². The first-order valence-corrected chi connectivity index (χ1v) is 7.65. The number of nitrogens with zero attached hydrogens (tertiary/aromatic N) is 2. The lowest BCUT2D eigenvalue weighted by atomic mass is 10.2. The van der Waals surface area contributed by atoms with E-state index in [0.717, 1.165) is 12.3 Å². The maximum atomic E-state index is 12.1. The van der Waals surface area contributed by atoms with Gasteiger partial charge >= 0.3 is 5.97 Å². The number of nitro benzene ring substituents is 1.